The van der Waals surface area contributed by atoms with Gasteiger partial charge in [-0.2, -0.15) is 9.61 Å². The van der Waals surface area contributed by atoms with Gasteiger partial charge in [-0.1, -0.05) is 0 Å². The van der Waals surface area contributed by atoms with Crippen molar-refractivity contribution in [1.29, 1.82) is 0 Å². The number of aromatic nitrogens is 5. The number of nitrogens with two attached hydrogens (primary N) is 1. The van der Waals surface area contributed by atoms with Gasteiger partial charge in [0.25, 0.3) is 0 Å². The largest absolute Gasteiger partial charge is 0.325 e. The normalized spacial score (nSPS) is 11.2. The molecule has 3 aromatic heterocycles. The van der Waals surface area contributed by atoms with E-state index in [2.05, 4.69) is 20.3 Å². The minimum atomic E-state index is 0.438. The second-order valence-electron chi connectivity index (χ2n) is 3.60. The first-order valence-electron chi connectivity index (χ1n) is 5.12. The van der Waals surface area contributed by atoms with Gasteiger partial charge in [0.15, 0.2) is 5.65 Å². The quantitative estimate of drug-likeness (QED) is 0.730. The van der Waals surface area contributed by atoms with Crippen molar-refractivity contribution in [2.24, 2.45) is 5.73 Å². The molecule has 2 N–H and O–H groups in total. The Labute approximate surface area is 101 Å². The van der Waals surface area contributed by atoms with E-state index < -0.39 is 0 Å². The topological polar surface area (TPSA) is 82.0 Å². The van der Waals surface area contributed by atoms with Crippen LogP contribution in [0.25, 0.3) is 17.2 Å². The van der Waals surface area contributed by atoms with Gasteiger partial charge in [-0.05, 0) is 19.1 Å². The van der Waals surface area contributed by atoms with E-state index >= 15 is 0 Å². The smallest absolute Gasteiger partial charge is 0.204 e. The van der Waals surface area contributed by atoms with Crippen molar-refractivity contribution in [2.75, 3.05) is 0 Å². The van der Waals surface area contributed by atoms with E-state index in [-0.39, 0.29) is 0 Å². The van der Waals surface area contributed by atoms with Gasteiger partial charge >= 0.3 is 0 Å². The molecular formula is C10H10N6S. The van der Waals surface area contributed by atoms with Crippen LogP contribution in [-0.2, 0) is 6.54 Å². The Bertz CT molecular complexity index is 670. The third-order valence-corrected chi connectivity index (χ3v) is 3.22. The minimum absolute atomic E-state index is 0.438. The molecule has 6 nitrogen and oxygen atoms in total. The van der Waals surface area contributed by atoms with E-state index in [9.17, 15) is 0 Å². The fraction of sp³-hybridized carbons (Fsp3) is 0.200. The summed E-state index contributed by atoms with van der Waals surface area (Å²) >= 11 is 1.52. The van der Waals surface area contributed by atoms with E-state index in [1.54, 1.807) is 4.52 Å². The Kier molecular flexibility index (Phi) is 2.34. The van der Waals surface area contributed by atoms with Crippen molar-refractivity contribution in [1.82, 2.24) is 24.8 Å². The predicted octanol–water partition coefficient (Wildman–Crippen LogP) is 1.01. The monoisotopic (exact) mass is 246 g/mol. The maximum atomic E-state index is 5.54. The molecule has 0 saturated carbocycles. The molecule has 0 radical (unpaired) electrons. The van der Waals surface area contributed by atoms with Gasteiger partial charge in [-0.25, -0.2) is 4.98 Å². The summed E-state index contributed by atoms with van der Waals surface area (Å²) in [6, 6.07) is 3.79. The highest BCUT2D eigenvalue weighted by atomic mass is 32.1. The second kappa shape index (κ2) is 3.86. The summed E-state index contributed by atoms with van der Waals surface area (Å²) in [6.45, 7) is 2.36. The summed E-state index contributed by atoms with van der Waals surface area (Å²) in [5, 5.41) is 15.3. The lowest BCUT2D eigenvalue weighted by Crippen LogP contribution is -1.98. The van der Waals surface area contributed by atoms with Crippen molar-refractivity contribution in [3.8, 4) is 11.5 Å². The van der Waals surface area contributed by atoms with E-state index in [0.29, 0.717) is 18.0 Å². The van der Waals surface area contributed by atoms with E-state index in [0.717, 1.165) is 16.4 Å². The van der Waals surface area contributed by atoms with Crippen LogP contribution in [0.15, 0.2) is 17.5 Å². The van der Waals surface area contributed by atoms with E-state index in [1.165, 1.54) is 11.3 Å². The highest BCUT2D eigenvalue weighted by Gasteiger charge is 2.12. The third-order valence-electron chi connectivity index (χ3n) is 2.35. The highest BCUT2D eigenvalue weighted by molar-refractivity contribution is 7.09. The molecule has 0 aliphatic carbocycles. The van der Waals surface area contributed by atoms with Crippen molar-refractivity contribution < 1.29 is 0 Å². The highest BCUT2D eigenvalue weighted by Crippen LogP contribution is 2.20. The summed E-state index contributed by atoms with van der Waals surface area (Å²) in [4.78, 5) is 4.38. The van der Waals surface area contributed by atoms with Gasteiger partial charge in [0.1, 0.15) is 10.7 Å². The number of hydrogen-bond acceptors (Lipinski definition) is 6. The van der Waals surface area contributed by atoms with Crippen LogP contribution in [0.1, 0.15) is 10.7 Å². The first kappa shape index (κ1) is 10.3. The maximum absolute atomic E-state index is 5.54. The van der Waals surface area contributed by atoms with E-state index in [4.69, 9.17) is 5.73 Å². The lowest BCUT2D eigenvalue weighted by molar-refractivity contribution is 0.896. The Balaban J connectivity index is 2.19. The molecule has 0 saturated heterocycles. The molecule has 0 aliphatic heterocycles. The zero-order valence-corrected chi connectivity index (χ0v) is 9.98. The molecule has 3 aromatic rings. The van der Waals surface area contributed by atoms with Crippen LogP contribution in [0.2, 0.25) is 0 Å². The van der Waals surface area contributed by atoms with Crippen LogP contribution in [-0.4, -0.2) is 24.8 Å². The molecule has 0 bridgehead atoms. The Morgan fingerprint density at radius 2 is 2.24 bits per heavy atom. The van der Waals surface area contributed by atoms with Gasteiger partial charge in [0.05, 0.1) is 5.69 Å². The summed E-state index contributed by atoms with van der Waals surface area (Å²) < 4.78 is 1.70. The van der Waals surface area contributed by atoms with Crippen LogP contribution in [0.5, 0.6) is 0 Å². The molecule has 0 aromatic carbocycles. The van der Waals surface area contributed by atoms with Crippen molar-refractivity contribution in [3.63, 3.8) is 0 Å². The number of rotatable bonds is 2. The molecule has 17 heavy (non-hydrogen) atoms. The zero-order valence-electron chi connectivity index (χ0n) is 9.16. The fourth-order valence-electron chi connectivity index (χ4n) is 1.55. The molecule has 0 atom stereocenters. The molecule has 3 rings (SSSR count). The molecule has 0 amide bonds. The molecular weight excluding hydrogens is 236 g/mol. The maximum Gasteiger partial charge on any atom is 0.204 e. The lowest BCUT2D eigenvalue weighted by Gasteiger charge is -1.96. The van der Waals surface area contributed by atoms with Gasteiger partial charge in [-0.3, -0.25) is 0 Å². The van der Waals surface area contributed by atoms with Crippen LogP contribution in [0, 0.1) is 6.92 Å². The lowest BCUT2D eigenvalue weighted by atomic mass is 10.4. The van der Waals surface area contributed by atoms with Crippen LogP contribution >= 0.6 is 11.3 Å². The van der Waals surface area contributed by atoms with Crippen molar-refractivity contribution in [3.05, 3.63) is 28.2 Å². The molecule has 0 spiro atoms. The summed E-state index contributed by atoms with van der Waals surface area (Å²) in [7, 11) is 0. The Morgan fingerprint density at radius 1 is 1.35 bits per heavy atom. The van der Waals surface area contributed by atoms with Crippen LogP contribution in [0.4, 0.5) is 0 Å². The first-order chi connectivity index (χ1) is 8.28. The predicted molar refractivity (Wildman–Crippen MR) is 64.5 cm³/mol. The van der Waals surface area contributed by atoms with Gasteiger partial charge in [0.2, 0.25) is 5.82 Å². The number of fused-ring (bicyclic) bond motifs is 1. The zero-order chi connectivity index (χ0) is 11.8. The second-order valence-corrected chi connectivity index (χ2v) is 4.54. The first-order valence-corrected chi connectivity index (χ1v) is 6.00. The molecule has 86 valence electrons. The number of aryl methyl sites for hydroxylation is 1. The molecule has 3 heterocycles. The fourth-order valence-corrected chi connectivity index (χ4v) is 2.20. The number of thiazole rings is 1. The molecule has 0 unspecified atom stereocenters. The average Bonchev–Trinajstić information content (AvgIpc) is 2.93. The Morgan fingerprint density at radius 3 is 3.00 bits per heavy atom. The Hall–Kier alpha value is -1.86. The average molecular weight is 246 g/mol. The van der Waals surface area contributed by atoms with Gasteiger partial charge < -0.3 is 5.73 Å². The number of nitrogens with zero attached hydrogens (tertiary/aromatic N) is 5. The summed E-state index contributed by atoms with van der Waals surface area (Å²) in [6.07, 6.45) is 0. The third kappa shape index (κ3) is 1.69. The SMILES string of the molecule is Cc1ccc2nnc(-c3csc(CN)n3)n2n1. The van der Waals surface area contributed by atoms with Gasteiger partial charge in [-0.15, -0.1) is 21.5 Å². The summed E-state index contributed by atoms with van der Waals surface area (Å²) in [5.41, 5.74) is 7.93. The van der Waals surface area contributed by atoms with Gasteiger partial charge in [0, 0.05) is 11.9 Å². The minimum Gasteiger partial charge on any atom is -0.325 e. The molecule has 0 fully saturated rings. The van der Waals surface area contributed by atoms with E-state index in [1.807, 2.05) is 24.4 Å². The molecule has 0 aliphatic rings. The number of hydrogen-bond donors (Lipinski definition) is 1. The van der Waals surface area contributed by atoms with Crippen molar-refractivity contribution in [2.45, 2.75) is 13.5 Å². The van der Waals surface area contributed by atoms with Crippen LogP contribution in [0.3, 0.4) is 0 Å². The van der Waals surface area contributed by atoms with Crippen LogP contribution < -0.4 is 5.73 Å². The molecule has 7 heteroatoms. The summed E-state index contributed by atoms with van der Waals surface area (Å²) in [5.74, 6) is 0.652. The standard InChI is InChI=1S/C10H10N6S/c1-6-2-3-8-13-14-10(16(8)15-6)7-5-17-9(4-11)12-7/h2-3,5H,4,11H2,1H3. The van der Waals surface area contributed by atoms with Crippen molar-refractivity contribution >= 4 is 17.0 Å².